The Balaban J connectivity index is 2.82. The molecule has 0 aliphatic rings. The zero-order valence-corrected chi connectivity index (χ0v) is 6.50. The van der Waals surface area contributed by atoms with E-state index in [2.05, 4.69) is 0 Å². The van der Waals surface area contributed by atoms with Crippen LogP contribution < -0.4 is 0 Å². The molecule has 0 atom stereocenters. The summed E-state index contributed by atoms with van der Waals surface area (Å²) in [6.07, 6.45) is 0. The largest absolute Gasteiger partial charge is 0.126 e. The van der Waals surface area contributed by atoms with Crippen LogP contribution in [0.3, 0.4) is 0 Å². The van der Waals surface area contributed by atoms with Gasteiger partial charge in [0.05, 0.1) is 0 Å². The van der Waals surface area contributed by atoms with Crippen molar-refractivity contribution in [3.63, 3.8) is 0 Å². The summed E-state index contributed by atoms with van der Waals surface area (Å²) in [5.41, 5.74) is 0. The van der Waals surface area contributed by atoms with E-state index in [0.29, 0.717) is 5.88 Å². The standard InChI is InChI=1S/C4H7ClS2/c1-4(6)7-3-2-5/h2-3H2,1H3. The van der Waals surface area contributed by atoms with Gasteiger partial charge >= 0.3 is 0 Å². The molecule has 0 aliphatic heterocycles. The smallest absolute Gasteiger partial charge is 0.0447 e. The minimum Gasteiger partial charge on any atom is -0.126 e. The lowest BCUT2D eigenvalue weighted by Gasteiger charge is -1.88. The van der Waals surface area contributed by atoms with Crippen molar-refractivity contribution in [2.45, 2.75) is 6.92 Å². The molecule has 42 valence electrons. The quantitative estimate of drug-likeness (QED) is 0.442. The number of hydrogen-bond acceptors (Lipinski definition) is 2. The molecule has 0 aromatic heterocycles. The molecule has 0 aromatic carbocycles. The molecule has 0 aliphatic carbocycles. The van der Waals surface area contributed by atoms with Gasteiger partial charge in [-0.2, -0.15) is 0 Å². The first-order chi connectivity index (χ1) is 3.27. The Morgan fingerprint density at radius 2 is 2.43 bits per heavy atom. The van der Waals surface area contributed by atoms with Gasteiger partial charge in [-0.3, -0.25) is 0 Å². The highest BCUT2D eigenvalue weighted by atomic mass is 35.5. The Hall–Kier alpha value is 0.730. The highest BCUT2D eigenvalue weighted by Crippen LogP contribution is 2.02. The van der Waals surface area contributed by atoms with Gasteiger partial charge in [0, 0.05) is 15.8 Å². The van der Waals surface area contributed by atoms with E-state index in [0.717, 1.165) is 9.95 Å². The van der Waals surface area contributed by atoms with Crippen LogP contribution in [0.4, 0.5) is 0 Å². The highest BCUT2D eigenvalue weighted by Gasteiger charge is 1.84. The summed E-state index contributed by atoms with van der Waals surface area (Å²) in [6.45, 7) is 1.91. The zero-order valence-electron chi connectivity index (χ0n) is 4.11. The second-order valence-electron chi connectivity index (χ2n) is 1.03. The molecular formula is C4H7ClS2. The Labute approximate surface area is 58.6 Å². The predicted octanol–water partition coefficient (Wildman–Crippen LogP) is 2.31. The van der Waals surface area contributed by atoms with E-state index < -0.39 is 0 Å². The summed E-state index contributed by atoms with van der Waals surface area (Å²) in [7, 11) is 0. The molecule has 0 fully saturated rings. The van der Waals surface area contributed by atoms with Crippen molar-refractivity contribution in [2.24, 2.45) is 0 Å². The van der Waals surface area contributed by atoms with E-state index >= 15 is 0 Å². The number of hydrogen-bond donors (Lipinski definition) is 0. The third-order valence-electron chi connectivity index (χ3n) is 0.382. The summed E-state index contributed by atoms with van der Waals surface area (Å²) in [4.78, 5) is 0. The van der Waals surface area contributed by atoms with Gasteiger partial charge in [0.2, 0.25) is 0 Å². The first-order valence-electron chi connectivity index (χ1n) is 1.96. The van der Waals surface area contributed by atoms with E-state index in [1.165, 1.54) is 0 Å². The minimum atomic E-state index is 0.693. The fraction of sp³-hybridized carbons (Fsp3) is 0.750. The van der Waals surface area contributed by atoms with E-state index in [4.69, 9.17) is 23.8 Å². The lowest BCUT2D eigenvalue weighted by atomic mass is 10.9. The first-order valence-corrected chi connectivity index (χ1v) is 3.89. The Morgan fingerprint density at radius 3 is 2.57 bits per heavy atom. The monoisotopic (exact) mass is 154 g/mol. The van der Waals surface area contributed by atoms with Gasteiger partial charge in [-0.05, 0) is 6.92 Å². The lowest BCUT2D eigenvalue weighted by Crippen LogP contribution is -1.82. The summed E-state index contributed by atoms with van der Waals surface area (Å²) in [6, 6.07) is 0. The van der Waals surface area contributed by atoms with Crippen LogP contribution in [0.2, 0.25) is 0 Å². The van der Waals surface area contributed by atoms with Gasteiger partial charge in [0.1, 0.15) is 0 Å². The molecule has 0 heterocycles. The molecular weight excluding hydrogens is 148 g/mol. The average molecular weight is 155 g/mol. The predicted molar refractivity (Wildman–Crippen MR) is 41.5 cm³/mol. The number of rotatable bonds is 2. The zero-order chi connectivity index (χ0) is 5.70. The maximum absolute atomic E-state index is 5.37. The van der Waals surface area contributed by atoms with Crippen molar-refractivity contribution in [3.8, 4) is 0 Å². The van der Waals surface area contributed by atoms with Crippen LogP contribution in [0.5, 0.6) is 0 Å². The molecule has 0 rings (SSSR count). The van der Waals surface area contributed by atoms with Gasteiger partial charge in [0.25, 0.3) is 0 Å². The molecule has 0 bridgehead atoms. The number of halogens is 1. The second-order valence-corrected chi connectivity index (χ2v) is 3.59. The van der Waals surface area contributed by atoms with E-state index in [-0.39, 0.29) is 0 Å². The van der Waals surface area contributed by atoms with Gasteiger partial charge in [0.15, 0.2) is 0 Å². The van der Waals surface area contributed by atoms with Crippen LogP contribution in [-0.2, 0) is 0 Å². The molecule has 0 nitrogen and oxygen atoms in total. The average Bonchev–Trinajstić information content (AvgIpc) is 1.61. The Bertz CT molecular complexity index is 62.7. The molecule has 0 spiro atoms. The SMILES string of the molecule is CC(=S)SCCCl. The van der Waals surface area contributed by atoms with Crippen LogP contribution in [0, 0.1) is 0 Å². The van der Waals surface area contributed by atoms with Crippen LogP contribution in [-0.4, -0.2) is 15.8 Å². The third-order valence-corrected chi connectivity index (χ3v) is 1.96. The Kier molecular flexibility index (Phi) is 5.39. The third kappa shape index (κ3) is 6.73. The summed E-state index contributed by atoms with van der Waals surface area (Å²) < 4.78 is 0.973. The number of alkyl halides is 1. The maximum Gasteiger partial charge on any atom is 0.0447 e. The molecule has 0 N–H and O–H groups in total. The molecule has 0 amide bonds. The van der Waals surface area contributed by atoms with Crippen molar-refractivity contribution in [1.29, 1.82) is 0 Å². The number of thiocarbonyl (C=S) groups is 1. The van der Waals surface area contributed by atoms with E-state index in [9.17, 15) is 0 Å². The van der Waals surface area contributed by atoms with Crippen LogP contribution in [0.15, 0.2) is 0 Å². The van der Waals surface area contributed by atoms with Gasteiger partial charge in [-0.1, -0.05) is 12.2 Å². The molecule has 0 unspecified atom stereocenters. The normalized spacial score (nSPS) is 8.86. The summed E-state index contributed by atoms with van der Waals surface area (Å²) >= 11 is 11.8. The van der Waals surface area contributed by atoms with Crippen LogP contribution >= 0.6 is 35.6 Å². The molecule has 7 heavy (non-hydrogen) atoms. The summed E-state index contributed by atoms with van der Waals surface area (Å²) in [5.74, 6) is 1.63. The topological polar surface area (TPSA) is 0 Å². The van der Waals surface area contributed by atoms with Crippen molar-refractivity contribution < 1.29 is 0 Å². The number of thioether (sulfide) groups is 1. The fourth-order valence-electron chi connectivity index (χ4n) is 0.182. The van der Waals surface area contributed by atoms with Crippen LogP contribution in [0.25, 0.3) is 0 Å². The van der Waals surface area contributed by atoms with Crippen molar-refractivity contribution in [3.05, 3.63) is 0 Å². The molecule has 0 saturated carbocycles. The fourth-order valence-corrected chi connectivity index (χ4v) is 1.03. The summed E-state index contributed by atoms with van der Waals surface area (Å²) in [5, 5.41) is 0. The van der Waals surface area contributed by atoms with Crippen molar-refractivity contribution >= 4 is 39.8 Å². The molecule has 3 heteroatoms. The van der Waals surface area contributed by atoms with Crippen molar-refractivity contribution in [2.75, 3.05) is 11.6 Å². The highest BCUT2D eigenvalue weighted by molar-refractivity contribution is 8.23. The first kappa shape index (κ1) is 7.73. The Morgan fingerprint density at radius 1 is 1.86 bits per heavy atom. The van der Waals surface area contributed by atoms with Gasteiger partial charge in [-0.25, -0.2) is 0 Å². The molecule has 0 aromatic rings. The van der Waals surface area contributed by atoms with Gasteiger partial charge in [-0.15, -0.1) is 23.4 Å². The molecule has 0 saturated heterocycles. The lowest BCUT2D eigenvalue weighted by molar-refractivity contribution is 1.55. The van der Waals surface area contributed by atoms with Gasteiger partial charge < -0.3 is 0 Å². The maximum atomic E-state index is 5.37. The molecule has 0 radical (unpaired) electrons. The minimum absolute atomic E-state index is 0.693. The second kappa shape index (κ2) is 4.88. The van der Waals surface area contributed by atoms with E-state index in [1.54, 1.807) is 11.8 Å². The van der Waals surface area contributed by atoms with E-state index in [1.807, 2.05) is 6.92 Å². The van der Waals surface area contributed by atoms with Crippen molar-refractivity contribution in [1.82, 2.24) is 0 Å². The van der Waals surface area contributed by atoms with Crippen LogP contribution in [0.1, 0.15) is 6.92 Å².